The fourth-order valence-corrected chi connectivity index (χ4v) is 4.32. The van der Waals surface area contributed by atoms with Crippen LogP contribution in [0, 0.1) is 6.92 Å². The van der Waals surface area contributed by atoms with Gasteiger partial charge in [0.05, 0.1) is 11.5 Å². The van der Waals surface area contributed by atoms with Gasteiger partial charge in [-0.2, -0.15) is 0 Å². The molecule has 1 aliphatic rings. The fourth-order valence-electron chi connectivity index (χ4n) is 2.69. The number of imidazole rings is 1. The van der Waals surface area contributed by atoms with Crippen LogP contribution in [-0.2, 0) is 9.84 Å². The third kappa shape index (κ3) is 3.76. The smallest absolute Gasteiger partial charge is 0.270 e. The van der Waals surface area contributed by atoms with Gasteiger partial charge in [-0.05, 0) is 37.5 Å². The van der Waals surface area contributed by atoms with E-state index in [2.05, 4.69) is 15.3 Å². The minimum Gasteiger partial charge on any atom is -0.347 e. The van der Waals surface area contributed by atoms with Gasteiger partial charge in [-0.3, -0.25) is 9.36 Å². The highest BCUT2D eigenvalue weighted by Gasteiger charge is 2.26. The Labute approximate surface area is 134 Å². The van der Waals surface area contributed by atoms with Gasteiger partial charge in [-0.15, -0.1) is 0 Å². The van der Waals surface area contributed by atoms with Crippen LogP contribution in [0.1, 0.15) is 28.9 Å². The van der Waals surface area contributed by atoms with Gasteiger partial charge in [0.25, 0.3) is 5.91 Å². The quantitative estimate of drug-likeness (QED) is 0.899. The molecule has 1 atom stereocenters. The van der Waals surface area contributed by atoms with Crippen molar-refractivity contribution in [2.45, 2.75) is 25.8 Å². The summed E-state index contributed by atoms with van der Waals surface area (Å²) in [5.41, 5.74) is 1.17. The molecule has 1 aliphatic heterocycles. The third-order valence-electron chi connectivity index (χ3n) is 3.76. The molecule has 2 aromatic heterocycles. The number of amides is 1. The van der Waals surface area contributed by atoms with Crippen LogP contribution in [0.15, 0.2) is 30.9 Å². The molecule has 1 N–H and O–H groups in total. The Morgan fingerprint density at radius 3 is 2.91 bits per heavy atom. The number of carbonyl (C=O) groups is 1. The summed E-state index contributed by atoms with van der Waals surface area (Å²) in [5, 5.41) is 2.79. The molecule has 0 saturated carbocycles. The molecule has 2 aromatic rings. The topological polar surface area (TPSA) is 94.0 Å². The molecule has 0 aliphatic carbocycles. The number of aromatic nitrogens is 3. The highest BCUT2D eigenvalue weighted by atomic mass is 32.2. The normalized spacial score (nSPS) is 20.1. The Kier molecular flexibility index (Phi) is 4.16. The van der Waals surface area contributed by atoms with Crippen molar-refractivity contribution in [3.8, 4) is 5.82 Å². The van der Waals surface area contributed by atoms with Gasteiger partial charge in [-0.1, -0.05) is 0 Å². The largest absolute Gasteiger partial charge is 0.347 e. The van der Waals surface area contributed by atoms with Gasteiger partial charge in [0.1, 0.15) is 17.8 Å². The molecule has 0 bridgehead atoms. The van der Waals surface area contributed by atoms with Gasteiger partial charge >= 0.3 is 0 Å². The van der Waals surface area contributed by atoms with E-state index in [9.17, 15) is 13.2 Å². The van der Waals surface area contributed by atoms with Crippen LogP contribution in [0.2, 0.25) is 0 Å². The Balaban J connectivity index is 1.80. The summed E-state index contributed by atoms with van der Waals surface area (Å²) in [5.74, 6) is 0.451. The van der Waals surface area contributed by atoms with E-state index in [-0.39, 0.29) is 29.1 Å². The Hall–Kier alpha value is -2.22. The predicted molar refractivity (Wildman–Crippen MR) is 85.2 cm³/mol. The molecule has 3 heterocycles. The third-order valence-corrected chi connectivity index (χ3v) is 5.58. The van der Waals surface area contributed by atoms with Gasteiger partial charge < -0.3 is 5.32 Å². The molecule has 1 amide bonds. The van der Waals surface area contributed by atoms with Crippen molar-refractivity contribution in [1.82, 2.24) is 19.9 Å². The van der Waals surface area contributed by atoms with Crippen LogP contribution in [0.4, 0.5) is 0 Å². The molecule has 1 saturated heterocycles. The molecule has 0 spiro atoms. The maximum absolute atomic E-state index is 12.4. The zero-order valence-electron chi connectivity index (χ0n) is 12.8. The minimum atomic E-state index is -3.06. The Morgan fingerprint density at radius 1 is 1.39 bits per heavy atom. The summed E-state index contributed by atoms with van der Waals surface area (Å²) < 4.78 is 25.0. The van der Waals surface area contributed by atoms with Gasteiger partial charge in [-0.25, -0.2) is 18.4 Å². The summed E-state index contributed by atoms with van der Waals surface area (Å²) >= 11 is 0. The summed E-state index contributed by atoms with van der Waals surface area (Å²) in [6, 6.07) is 3.19. The first-order valence-corrected chi connectivity index (χ1v) is 9.23. The van der Waals surface area contributed by atoms with E-state index in [1.54, 1.807) is 29.4 Å². The molecule has 23 heavy (non-hydrogen) atoms. The number of pyridine rings is 1. The van der Waals surface area contributed by atoms with Crippen molar-refractivity contribution in [1.29, 1.82) is 0 Å². The van der Waals surface area contributed by atoms with E-state index in [0.29, 0.717) is 18.7 Å². The maximum atomic E-state index is 12.4. The molecule has 0 aromatic carbocycles. The van der Waals surface area contributed by atoms with Gasteiger partial charge in [0.15, 0.2) is 9.84 Å². The first-order valence-electron chi connectivity index (χ1n) is 7.41. The number of nitrogens with one attached hydrogen (secondary N) is 1. The van der Waals surface area contributed by atoms with Crippen molar-refractivity contribution in [2.75, 3.05) is 11.5 Å². The molecular weight excluding hydrogens is 316 g/mol. The van der Waals surface area contributed by atoms with E-state index < -0.39 is 9.84 Å². The van der Waals surface area contributed by atoms with E-state index in [0.717, 1.165) is 5.56 Å². The Bertz CT molecular complexity index is 815. The number of hydrogen-bond donors (Lipinski definition) is 1. The number of sulfone groups is 1. The molecule has 7 nitrogen and oxygen atoms in total. The highest BCUT2D eigenvalue weighted by Crippen LogP contribution is 2.14. The number of carbonyl (C=O) groups excluding carboxylic acids is 1. The van der Waals surface area contributed by atoms with E-state index in [4.69, 9.17) is 0 Å². The maximum Gasteiger partial charge on any atom is 0.270 e. The van der Waals surface area contributed by atoms with Crippen molar-refractivity contribution in [3.05, 3.63) is 42.1 Å². The van der Waals surface area contributed by atoms with Crippen LogP contribution < -0.4 is 5.32 Å². The molecule has 1 fully saturated rings. The van der Waals surface area contributed by atoms with Crippen LogP contribution in [0.5, 0.6) is 0 Å². The fraction of sp³-hybridized carbons (Fsp3) is 0.400. The van der Waals surface area contributed by atoms with Gasteiger partial charge in [0.2, 0.25) is 0 Å². The van der Waals surface area contributed by atoms with Crippen LogP contribution in [0.25, 0.3) is 5.82 Å². The monoisotopic (exact) mass is 334 g/mol. The highest BCUT2D eigenvalue weighted by molar-refractivity contribution is 7.91. The summed E-state index contributed by atoms with van der Waals surface area (Å²) in [4.78, 5) is 20.7. The van der Waals surface area contributed by atoms with Crippen LogP contribution in [-0.4, -0.2) is 46.4 Å². The number of nitrogens with zero attached hydrogens (tertiary/aromatic N) is 3. The molecule has 122 valence electrons. The number of rotatable bonds is 3. The standard InChI is InChI=1S/C15H18N4O3S/c1-11-7-13(18-14(8-11)19-5-4-16-10-19)15(20)17-12-3-2-6-23(21,22)9-12/h4-5,7-8,10,12H,2-3,6,9H2,1H3,(H,17,20)/t12-/m1/s1. The van der Waals surface area contributed by atoms with E-state index in [1.165, 1.54) is 0 Å². The molecular formula is C15H18N4O3S. The Morgan fingerprint density at radius 2 is 2.22 bits per heavy atom. The van der Waals surface area contributed by atoms with Crippen molar-refractivity contribution < 1.29 is 13.2 Å². The number of hydrogen-bond acceptors (Lipinski definition) is 5. The lowest BCUT2D eigenvalue weighted by Gasteiger charge is -2.22. The lowest BCUT2D eigenvalue weighted by Crippen LogP contribution is -2.43. The molecule has 8 heteroatoms. The van der Waals surface area contributed by atoms with Crippen molar-refractivity contribution in [3.63, 3.8) is 0 Å². The summed E-state index contributed by atoms with van der Waals surface area (Å²) in [6.07, 6.45) is 6.24. The average molecular weight is 334 g/mol. The average Bonchev–Trinajstić information content (AvgIpc) is 2.99. The lowest BCUT2D eigenvalue weighted by molar-refractivity contribution is 0.0933. The summed E-state index contributed by atoms with van der Waals surface area (Å²) in [6.45, 7) is 1.88. The van der Waals surface area contributed by atoms with Crippen LogP contribution in [0.3, 0.4) is 0 Å². The van der Waals surface area contributed by atoms with E-state index in [1.807, 2.05) is 13.0 Å². The minimum absolute atomic E-state index is 0.00106. The van der Waals surface area contributed by atoms with Crippen molar-refractivity contribution in [2.24, 2.45) is 0 Å². The zero-order chi connectivity index (χ0) is 16.4. The molecule has 3 rings (SSSR count). The lowest BCUT2D eigenvalue weighted by atomic mass is 10.1. The number of aryl methyl sites for hydroxylation is 1. The first kappa shape index (κ1) is 15.7. The van der Waals surface area contributed by atoms with Crippen LogP contribution >= 0.6 is 0 Å². The first-order chi connectivity index (χ1) is 10.9. The zero-order valence-corrected chi connectivity index (χ0v) is 13.6. The predicted octanol–water partition coefficient (Wildman–Crippen LogP) is 0.883. The van der Waals surface area contributed by atoms with Gasteiger partial charge in [0, 0.05) is 18.4 Å². The second-order valence-corrected chi connectivity index (χ2v) is 8.01. The second-order valence-electron chi connectivity index (χ2n) is 5.78. The SMILES string of the molecule is Cc1cc(C(=O)N[C@@H]2CCCS(=O)(=O)C2)nc(-n2ccnc2)c1. The summed E-state index contributed by atoms with van der Waals surface area (Å²) in [7, 11) is -3.06. The molecule has 0 radical (unpaired) electrons. The molecule has 0 unspecified atom stereocenters. The van der Waals surface area contributed by atoms with Crippen molar-refractivity contribution >= 4 is 15.7 Å². The second kappa shape index (κ2) is 6.11. The van der Waals surface area contributed by atoms with E-state index >= 15 is 0 Å².